The summed E-state index contributed by atoms with van der Waals surface area (Å²) in [5.74, 6) is -5.69. The van der Waals surface area contributed by atoms with Crippen LogP contribution in [0.5, 0.6) is 11.5 Å². The lowest BCUT2D eigenvalue weighted by molar-refractivity contribution is -0.385. The van der Waals surface area contributed by atoms with Crippen molar-refractivity contribution in [2.24, 2.45) is 5.73 Å². The fourth-order valence-electron chi connectivity index (χ4n) is 2.50. The van der Waals surface area contributed by atoms with Gasteiger partial charge in [-0.05, 0) is 12.1 Å². The van der Waals surface area contributed by atoms with Gasteiger partial charge in [-0.25, -0.2) is 4.79 Å². The average Bonchev–Trinajstić information content (AvgIpc) is 2.93. The van der Waals surface area contributed by atoms with Gasteiger partial charge in [0.1, 0.15) is 29.2 Å². The van der Waals surface area contributed by atoms with Crippen LogP contribution < -0.4 is 20.5 Å². The van der Waals surface area contributed by atoms with Crippen LogP contribution in [0.25, 0.3) is 0 Å². The second-order valence-electron chi connectivity index (χ2n) is 7.31. The third kappa shape index (κ3) is 15.3. The number of benzene rings is 2. The molecular weight excluding hydrogens is 642 g/mol. The standard InChI is InChI=1S/C11H9F3N2O6.C8H4F3NO5.C3H7NO2/c1-21-9(17)5-15-10(18)7-4-6(22-11(12,13)14)2-3-8(7)16(19)20;9-8(10,11)17-4-1-2-6(12(15)16)5(3-4)7(13)14;1-6-3(5)2-4/h2-4H,5H2,1H3,(H,15,18);1-3H,(H,13,14);2,4H2,1H3. The average molecular weight is 662 g/mol. The van der Waals surface area contributed by atoms with Crippen molar-refractivity contribution in [2.75, 3.05) is 27.3 Å². The summed E-state index contributed by atoms with van der Waals surface area (Å²) in [5.41, 5.74) is 1.69. The number of nitrogens with one attached hydrogen (secondary N) is 1. The number of alkyl halides is 6. The number of hydrogen-bond donors (Lipinski definition) is 3. The highest BCUT2D eigenvalue weighted by Crippen LogP contribution is 2.29. The Balaban J connectivity index is 0.000000744. The molecule has 2 aromatic carbocycles. The van der Waals surface area contributed by atoms with Gasteiger partial charge < -0.3 is 35.1 Å². The van der Waals surface area contributed by atoms with Gasteiger partial charge in [0.2, 0.25) is 0 Å². The summed E-state index contributed by atoms with van der Waals surface area (Å²) in [7, 11) is 2.35. The number of esters is 2. The van der Waals surface area contributed by atoms with Crippen LogP contribution in [0.15, 0.2) is 36.4 Å². The van der Waals surface area contributed by atoms with Crippen molar-refractivity contribution in [1.82, 2.24) is 5.32 Å². The van der Waals surface area contributed by atoms with E-state index in [1.165, 1.54) is 7.11 Å². The van der Waals surface area contributed by atoms with Crippen LogP contribution in [0.3, 0.4) is 0 Å². The van der Waals surface area contributed by atoms with Gasteiger partial charge in [-0.1, -0.05) is 0 Å². The van der Waals surface area contributed by atoms with Crippen LogP contribution in [-0.4, -0.2) is 78.8 Å². The summed E-state index contributed by atoms with van der Waals surface area (Å²) in [5, 5.41) is 31.8. The smallest absolute Gasteiger partial charge is 0.477 e. The molecule has 1 amide bonds. The summed E-state index contributed by atoms with van der Waals surface area (Å²) in [4.78, 5) is 62.3. The molecule has 0 aliphatic carbocycles. The Kier molecular flexibility index (Phi) is 15.2. The molecule has 0 bridgehead atoms. The number of ether oxygens (including phenoxy) is 4. The summed E-state index contributed by atoms with van der Waals surface area (Å²) < 4.78 is 87.2. The number of carbonyl (C=O) groups is 4. The highest BCUT2D eigenvalue weighted by atomic mass is 19.4. The number of methoxy groups -OCH3 is 2. The van der Waals surface area contributed by atoms with Crippen molar-refractivity contribution in [2.45, 2.75) is 12.7 Å². The monoisotopic (exact) mass is 662 g/mol. The third-order valence-electron chi connectivity index (χ3n) is 4.29. The first-order valence-corrected chi connectivity index (χ1v) is 11.1. The number of rotatable bonds is 9. The van der Waals surface area contributed by atoms with E-state index in [2.05, 4.69) is 18.9 Å². The van der Waals surface area contributed by atoms with E-state index < -0.39 is 81.0 Å². The third-order valence-corrected chi connectivity index (χ3v) is 4.29. The number of halogens is 6. The van der Waals surface area contributed by atoms with Crippen molar-refractivity contribution in [3.05, 3.63) is 67.8 Å². The molecule has 2 aromatic rings. The molecule has 17 nitrogen and oxygen atoms in total. The number of aromatic carboxylic acids is 1. The van der Waals surface area contributed by atoms with E-state index in [0.29, 0.717) is 36.4 Å². The van der Waals surface area contributed by atoms with Gasteiger partial charge in [0, 0.05) is 24.3 Å². The zero-order chi connectivity index (χ0) is 35.1. The number of carboxylic acid groups (broad SMARTS) is 1. The lowest BCUT2D eigenvalue weighted by Crippen LogP contribution is -2.30. The molecule has 0 aromatic heterocycles. The van der Waals surface area contributed by atoms with Crippen LogP contribution in [0, 0.1) is 20.2 Å². The normalized spacial score (nSPS) is 10.4. The van der Waals surface area contributed by atoms with E-state index in [0.717, 1.165) is 7.11 Å². The summed E-state index contributed by atoms with van der Waals surface area (Å²) in [6.07, 6.45) is -10.0. The Labute approximate surface area is 245 Å². The predicted octanol–water partition coefficient (Wildman–Crippen LogP) is 2.71. The molecular formula is C22H20F6N4O13. The molecule has 0 spiro atoms. The maximum absolute atomic E-state index is 12.1. The first-order valence-electron chi connectivity index (χ1n) is 11.1. The number of nitro benzene ring substituents is 2. The van der Waals surface area contributed by atoms with E-state index in [4.69, 9.17) is 10.8 Å². The minimum absolute atomic E-state index is 0.0312. The first-order chi connectivity index (χ1) is 20.6. The van der Waals surface area contributed by atoms with Gasteiger partial charge in [0.25, 0.3) is 17.3 Å². The minimum Gasteiger partial charge on any atom is -0.477 e. The Morgan fingerprint density at radius 1 is 0.800 bits per heavy atom. The van der Waals surface area contributed by atoms with Crippen LogP contribution in [0.2, 0.25) is 0 Å². The zero-order valence-corrected chi connectivity index (χ0v) is 22.5. The van der Waals surface area contributed by atoms with Crippen molar-refractivity contribution in [3.8, 4) is 11.5 Å². The number of nitrogens with two attached hydrogens (primary N) is 1. The lowest BCUT2D eigenvalue weighted by Gasteiger charge is -2.10. The molecule has 4 N–H and O–H groups in total. The molecule has 0 unspecified atom stereocenters. The molecule has 0 aliphatic heterocycles. The van der Waals surface area contributed by atoms with Gasteiger partial charge in [-0.2, -0.15) is 0 Å². The second kappa shape index (κ2) is 17.4. The summed E-state index contributed by atoms with van der Waals surface area (Å²) in [6.45, 7) is -0.632. The van der Waals surface area contributed by atoms with E-state index in [9.17, 15) is 65.7 Å². The van der Waals surface area contributed by atoms with Gasteiger partial charge in [-0.3, -0.25) is 34.6 Å². The molecule has 45 heavy (non-hydrogen) atoms. The number of hydrogen-bond acceptors (Lipinski definition) is 13. The molecule has 0 saturated carbocycles. The number of carboxylic acids is 1. The molecule has 0 fully saturated rings. The van der Waals surface area contributed by atoms with E-state index >= 15 is 0 Å². The molecule has 0 aliphatic rings. The summed E-state index contributed by atoms with van der Waals surface area (Å²) in [6, 6.07) is 3.67. The fourth-order valence-corrected chi connectivity index (χ4v) is 2.50. The Morgan fingerprint density at radius 2 is 1.20 bits per heavy atom. The van der Waals surface area contributed by atoms with Crippen LogP contribution >= 0.6 is 0 Å². The Bertz CT molecular complexity index is 1390. The first kappa shape index (κ1) is 39.3. The molecule has 0 radical (unpaired) electrons. The lowest BCUT2D eigenvalue weighted by atomic mass is 10.1. The minimum atomic E-state index is -5.02. The van der Waals surface area contributed by atoms with Crippen molar-refractivity contribution in [3.63, 3.8) is 0 Å². The fraction of sp³-hybridized carbons (Fsp3) is 0.273. The molecule has 0 atom stereocenters. The van der Waals surface area contributed by atoms with E-state index in [-0.39, 0.29) is 12.5 Å². The van der Waals surface area contributed by atoms with Gasteiger partial charge in [0.05, 0.1) is 30.6 Å². The Hall–Kier alpha value is -5.74. The molecule has 23 heteroatoms. The predicted molar refractivity (Wildman–Crippen MR) is 132 cm³/mol. The van der Waals surface area contributed by atoms with Crippen molar-refractivity contribution >= 4 is 35.2 Å². The van der Waals surface area contributed by atoms with Gasteiger partial charge in [-0.15, -0.1) is 26.3 Å². The quantitative estimate of drug-likeness (QED) is 0.151. The van der Waals surface area contributed by atoms with Crippen molar-refractivity contribution < 1.29 is 79.4 Å². The van der Waals surface area contributed by atoms with Gasteiger partial charge in [0.15, 0.2) is 0 Å². The number of carbonyl (C=O) groups excluding carboxylic acids is 3. The molecule has 0 heterocycles. The van der Waals surface area contributed by atoms with E-state index in [1.807, 2.05) is 5.32 Å². The van der Waals surface area contributed by atoms with Crippen LogP contribution in [0.1, 0.15) is 20.7 Å². The highest BCUT2D eigenvalue weighted by Gasteiger charge is 2.33. The largest absolute Gasteiger partial charge is 0.573 e. The Morgan fingerprint density at radius 3 is 1.51 bits per heavy atom. The molecule has 0 saturated heterocycles. The van der Waals surface area contributed by atoms with Crippen LogP contribution in [-0.2, 0) is 19.1 Å². The maximum Gasteiger partial charge on any atom is 0.573 e. The zero-order valence-electron chi connectivity index (χ0n) is 22.5. The maximum atomic E-state index is 12.1. The number of amides is 1. The molecule has 2 rings (SSSR count). The second-order valence-corrected chi connectivity index (χ2v) is 7.31. The highest BCUT2D eigenvalue weighted by molar-refractivity contribution is 5.99. The topological polar surface area (TPSA) is 250 Å². The van der Waals surface area contributed by atoms with E-state index in [1.54, 1.807) is 0 Å². The van der Waals surface area contributed by atoms with Crippen LogP contribution in [0.4, 0.5) is 37.7 Å². The van der Waals surface area contributed by atoms with Gasteiger partial charge >= 0.3 is 30.6 Å². The molecule has 248 valence electrons. The number of nitro groups is 2. The van der Waals surface area contributed by atoms with Crippen molar-refractivity contribution in [1.29, 1.82) is 0 Å². The number of nitrogens with zero attached hydrogens (tertiary/aromatic N) is 2. The summed E-state index contributed by atoms with van der Waals surface area (Å²) >= 11 is 0. The SMILES string of the molecule is COC(=O)CN.COC(=O)CNC(=O)c1cc(OC(F)(F)F)ccc1[N+](=O)[O-].O=C(O)c1cc(OC(F)(F)F)ccc1[N+](=O)[O-].